The Hall–Kier alpha value is -2.43. The predicted octanol–water partition coefficient (Wildman–Crippen LogP) is 4.06. The maximum absolute atomic E-state index is 13.4. The molecule has 1 N–H and O–H groups in total. The molecule has 0 saturated heterocycles. The van der Waals surface area contributed by atoms with Crippen LogP contribution in [0.3, 0.4) is 0 Å². The predicted molar refractivity (Wildman–Crippen MR) is 102 cm³/mol. The van der Waals surface area contributed by atoms with E-state index in [1.54, 1.807) is 12.1 Å². The van der Waals surface area contributed by atoms with Crippen molar-refractivity contribution >= 4 is 0 Å². The fourth-order valence-electron chi connectivity index (χ4n) is 3.21. The molecule has 0 amide bonds. The molecule has 0 saturated carbocycles. The fourth-order valence-corrected chi connectivity index (χ4v) is 3.21. The van der Waals surface area contributed by atoms with E-state index in [9.17, 15) is 9.50 Å². The Morgan fingerprint density at radius 1 is 0.962 bits per heavy atom. The Kier molecular flexibility index (Phi) is 6.21. The van der Waals surface area contributed by atoms with Crippen molar-refractivity contribution in [2.24, 2.45) is 0 Å². The van der Waals surface area contributed by atoms with Gasteiger partial charge in [-0.2, -0.15) is 0 Å². The molecule has 3 nitrogen and oxygen atoms in total. The molecule has 136 valence electrons. The lowest BCUT2D eigenvalue weighted by molar-refractivity contribution is 0.116. The third-order valence-corrected chi connectivity index (χ3v) is 4.32. The smallest absolute Gasteiger partial charge is 0.123 e. The van der Waals surface area contributed by atoms with Crippen LogP contribution in [0.15, 0.2) is 72.9 Å². The van der Waals surface area contributed by atoms with E-state index >= 15 is 0 Å². The number of aromatic nitrogens is 1. The summed E-state index contributed by atoms with van der Waals surface area (Å²) in [5, 5.41) is 9.87. The first kappa shape index (κ1) is 18.4. The van der Waals surface area contributed by atoms with Crippen LogP contribution in [-0.2, 0) is 19.6 Å². The van der Waals surface area contributed by atoms with E-state index in [0.717, 1.165) is 24.3 Å². The molecular formula is C22H25FN2O. The molecule has 0 radical (unpaired) electrons. The molecule has 4 heteroatoms. The van der Waals surface area contributed by atoms with Crippen LogP contribution >= 0.6 is 0 Å². The van der Waals surface area contributed by atoms with Crippen molar-refractivity contribution in [3.8, 4) is 0 Å². The molecule has 0 aliphatic heterocycles. The normalized spacial score (nSPS) is 12.5. The van der Waals surface area contributed by atoms with Crippen LogP contribution in [0.1, 0.15) is 23.7 Å². The third-order valence-electron chi connectivity index (χ3n) is 4.32. The lowest BCUT2D eigenvalue weighted by Gasteiger charge is -2.24. The maximum Gasteiger partial charge on any atom is 0.123 e. The summed E-state index contributed by atoms with van der Waals surface area (Å²) in [6.45, 7) is 4.54. The van der Waals surface area contributed by atoms with Crippen molar-refractivity contribution < 1.29 is 9.50 Å². The number of hydrogen-bond donors (Lipinski definition) is 1. The monoisotopic (exact) mass is 352 g/mol. The van der Waals surface area contributed by atoms with Crippen molar-refractivity contribution in [3.05, 3.63) is 95.6 Å². The first-order valence-electron chi connectivity index (χ1n) is 8.93. The first-order chi connectivity index (χ1) is 12.6. The molecule has 0 fully saturated rings. The molecule has 3 aromatic rings. The summed E-state index contributed by atoms with van der Waals surface area (Å²) < 4.78 is 15.6. The fraction of sp³-hybridized carbons (Fsp3) is 0.273. The molecule has 0 aliphatic rings. The van der Waals surface area contributed by atoms with Gasteiger partial charge in [-0.1, -0.05) is 42.5 Å². The molecule has 3 rings (SSSR count). The molecule has 1 aromatic heterocycles. The van der Waals surface area contributed by atoms with Crippen LogP contribution in [0.2, 0.25) is 0 Å². The summed E-state index contributed by atoms with van der Waals surface area (Å²) in [5.74, 6) is -0.212. The lowest BCUT2D eigenvalue weighted by atomic mass is 10.2. The number of halogens is 1. The number of aliphatic hydroxyl groups is 1. The van der Waals surface area contributed by atoms with Crippen molar-refractivity contribution in [1.29, 1.82) is 0 Å². The van der Waals surface area contributed by atoms with Gasteiger partial charge in [0.2, 0.25) is 0 Å². The molecule has 1 atom stereocenters. The lowest BCUT2D eigenvalue weighted by Crippen LogP contribution is -2.31. The highest BCUT2D eigenvalue weighted by Crippen LogP contribution is 2.14. The molecule has 2 aromatic carbocycles. The Bertz CT molecular complexity index is 814. The zero-order valence-electron chi connectivity index (χ0n) is 15.1. The number of rotatable bonds is 8. The minimum atomic E-state index is -0.398. The quantitative estimate of drug-likeness (QED) is 0.662. The minimum absolute atomic E-state index is 0.212. The van der Waals surface area contributed by atoms with Gasteiger partial charge in [0.25, 0.3) is 0 Å². The SMILES string of the molecule is CC(O)CN(Cc1ccccc1)Cc1cccn1Cc1cccc(F)c1. The van der Waals surface area contributed by atoms with Gasteiger partial charge in [0, 0.05) is 38.1 Å². The summed E-state index contributed by atoms with van der Waals surface area (Å²) in [5.41, 5.74) is 3.30. The van der Waals surface area contributed by atoms with Crippen molar-refractivity contribution in [3.63, 3.8) is 0 Å². The van der Waals surface area contributed by atoms with Crippen molar-refractivity contribution in [2.75, 3.05) is 6.54 Å². The van der Waals surface area contributed by atoms with E-state index in [4.69, 9.17) is 0 Å². The van der Waals surface area contributed by atoms with E-state index < -0.39 is 6.10 Å². The third kappa shape index (κ3) is 5.28. The Labute approximate surface area is 154 Å². The summed E-state index contributed by atoms with van der Waals surface area (Å²) in [4.78, 5) is 2.23. The average molecular weight is 352 g/mol. The Morgan fingerprint density at radius 2 is 1.73 bits per heavy atom. The van der Waals surface area contributed by atoms with Gasteiger partial charge in [-0.15, -0.1) is 0 Å². The largest absolute Gasteiger partial charge is 0.392 e. The minimum Gasteiger partial charge on any atom is -0.392 e. The van der Waals surface area contributed by atoms with E-state index in [1.165, 1.54) is 11.6 Å². The highest BCUT2D eigenvalue weighted by atomic mass is 19.1. The van der Waals surface area contributed by atoms with Crippen LogP contribution < -0.4 is 0 Å². The van der Waals surface area contributed by atoms with E-state index in [-0.39, 0.29) is 5.82 Å². The van der Waals surface area contributed by atoms with Crippen LogP contribution in [0.25, 0.3) is 0 Å². The Balaban J connectivity index is 1.73. The highest BCUT2D eigenvalue weighted by Gasteiger charge is 2.12. The van der Waals surface area contributed by atoms with Gasteiger partial charge in [0.15, 0.2) is 0 Å². The zero-order chi connectivity index (χ0) is 18.4. The second kappa shape index (κ2) is 8.79. The second-order valence-electron chi connectivity index (χ2n) is 6.76. The van der Waals surface area contributed by atoms with Crippen molar-refractivity contribution in [2.45, 2.75) is 32.7 Å². The molecule has 0 bridgehead atoms. The standard InChI is InChI=1S/C22H25FN2O/c1-18(26)14-24(15-19-7-3-2-4-8-19)17-22-11-6-12-25(22)16-20-9-5-10-21(23)13-20/h2-13,18,26H,14-17H2,1H3. The van der Waals surface area contributed by atoms with E-state index in [0.29, 0.717) is 13.1 Å². The summed E-state index contributed by atoms with van der Waals surface area (Å²) in [6.07, 6.45) is 1.62. The number of benzene rings is 2. The van der Waals surface area contributed by atoms with Crippen LogP contribution in [0.5, 0.6) is 0 Å². The molecule has 1 heterocycles. The van der Waals surface area contributed by atoms with E-state index in [2.05, 4.69) is 27.7 Å². The first-order valence-corrected chi connectivity index (χ1v) is 8.93. The second-order valence-corrected chi connectivity index (χ2v) is 6.76. The van der Waals surface area contributed by atoms with Gasteiger partial charge in [-0.05, 0) is 42.3 Å². The molecule has 26 heavy (non-hydrogen) atoms. The van der Waals surface area contributed by atoms with Crippen LogP contribution in [0, 0.1) is 5.82 Å². The molecular weight excluding hydrogens is 327 g/mol. The number of hydrogen-bond acceptors (Lipinski definition) is 2. The zero-order valence-corrected chi connectivity index (χ0v) is 15.1. The summed E-state index contributed by atoms with van der Waals surface area (Å²) in [6, 6.07) is 21.1. The Morgan fingerprint density at radius 3 is 2.46 bits per heavy atom. The highest BCUT2D eigenvalue weighted by molar-refractivity contribution is 5.19. The van der Waals surface area contributed by atoms with Crippen LogP contribution in [0.4, 0.5) is 4.39 Å². The average Bonchev–Trinajstić information content (AvgIpc) is 3.02. The van der Waals surface area contributed by atoms with Gasteiger partial charge >= 0.3 is 0 Å². The molecule has 0 spiro atoms. The van der Waals surface area contributed by atoms with Crippen LogP contribution in [-0.4, -0.2) is 27.2 Å². The summed E-state index contributed by atoms with van der Waals surface area (Å²) in [7, 11) is 0. The van der Waals surface area contributed by atoms with Gasteiger partial charge < -0.3 is 9.67 Å². The van der Waals surface area contributed by atoms with Gasteiger partial charge in [-0.3, -0.25) is 4.90 Å². The van der Waals surface area contributed by atoms with Crippen molar-refractivity contribution in [1.82, 2.24) is 9.47 Å². The number of aliphatic hydroxyl groups excluding tert-OH is 1. The number of nitrogens with zero attached hydrogens (tertiary/aromatic N) is 2. The van der Waals surface area contributed by atoms with Gasteiger partial charge in [-0.25, -0.2) is 4.39 Å². The topological polar surface area (TPSA) is 28.4 Å². The summed E-state index contributed by atoms with van der Waals surface area (Å²) >= 11 is 0. The van der Waals surface area contributed by atoms with Gasteiger partial charge in [0.1, 0.15) is 5.82 Å². The maximum atomic E-state index is 13.4. The molecule has 0 aliphatic carbocycles. The van der Waals surface area contributed by atoms with Gasteiger partial charge in [0.05, 0.1) is 6.10 Å². The van der Waals surface area contributed by atoms with E-state index in [1.807, 2.05) is 43.5 Å². The molecule has 1 unspecified atom stereocenters.